The molecule has 0 aliphatic carbocycles. The molecule has 1 amide bonds. The van der Waals surface area contributed by atoms with Gasteiger partial charge >= 0.3 is 0 Å². The summed E-state index contributed by atoms with van der Waals surface area (Å²) < 4.78 is 5.82. The Hall–Kier alpha value is -0.650. The SMILES string of the molecule is CC1CN(CC2CCN(C(=O)CCC3CCNC3)CC2)CC(C)O1. The highest BCUT2D eigenvalue weighted by molar-refractivity contribution is 5.76. The van der Waals surface area contributed by atoms with Crippen LogP contribution in [0.2, 0.25) is 0 Å². The van der Waals surface area contributed by atoms with Crippen LogP contribution >= 0.6 is 0 Å². The van der Waals surface area contributed by atoms with E-state index in [0.29, 0.717) is 18.1 Å². The largest absolute Gasteiger partial charge is 0.373 e. The summed E-state index contributed by atoms with van der Waals surface area (Å²) in [6, 6.07) is 0. The van der Waals surface area contributed by atoms with Crippen molar-refractivity contribution in [3.63, 3.8) is 0 Å². The second-order valence-electron chi connectivity index (χ2n) is 8.20. The summed E-state index contributed by atoms with van der Waals surface area (Å²) in [5, 5.41) is 3.39. The minimum Gasteiger partial charge on any atom is -0.373 e. The zero-order valence-electron chi connectivity index (χ0n) is 15.5. The van der Waals surface area contributed by atoms with E-state index in [4.69, 9.17) is 4.74 Å². The molecule has 0 spiro atoms. The molecule has 3 unspecified atom stereocenters. The fourth-order valence-corrected chi connectivity index (χ4v) is 4.61. The molecule has 0 saturated carbocycles. The van der Waals surface area contributed by atoms with Gasteiger partial charge in [0.15, 0.2) is 0 Å². The highest BCUT2D eigenvalue weighted by Gasteiger charge is 2.28. The highest BCUT2D eigenvalue weighted by atomic mass is 16.5. The van der Waals surface area contributed by atoms with Crippen molar-refractivity contribution in [2.24, 2.45) is 11.8 Å². The monoisotopic (exact) mass is 337 g/mol. The van der Waals surface area contributed by atoms with Crippen LogP contribution in [-0.4, -0.2) is 73.7 Å². The molecule has 5 nitrogen and oxygen atoms in total. The average molecular weight is 338 g/mol. The molecule has 3 aliphatic rings. The van der Waals surface area contributed by atoms with Gasteiger partial charge in [-0.25, -0.2) is 0 Å². The lowest BCUT2D eigenvalue weighted by Crippen LogP contribution is -2.48. The Kier molecular flexibility index (Phi) is 6.53. The molecule has 0 radical (unpaired) electrons. The van der Waals surface area contributed by atoms with Crippen LogP contribution in [0.15, 0.2) is 0 Å². The number of nitrogens with one attached hydrogen (secondary N) is 1. The molecule has 0 aromatic heterocycles. The lowest BCUT2D eigenvalue weighted by atomic mass is 9.95. The van der Waals surface area contributed by atoms with E-state index in [2.05, 4.69) is 29.0 Å². The van der Waals surface area contributed by atoms with E-state index in [1.807, 2.05) is 0 Å². The molecular formula is C19H35N3O2. The average Bonchev–Trinajstić information content (AvgIpc) is 3.06. The van der Waals surface area contributed by atoms with Crippen LogP contribution in [0, 0.1) is 11.8 Å². The molecule has 138 valence electrons. The third kappa shape index (κ3) is 5.17. The fraction of sp³-hybridized carbons (Fsp3) is 0.947. The highest BCUT2D eigenvalue weighted by Crippen LogP contribution is 2.22. The number of hydrogen-bond acceptors (Lipinski definition) is 4. The van der Waals surface area contributed by atoms with Gasteiger partial charge in [0.25, 0.3) is 0 Å². The van der Waals surface area contributed by atoms with E-state index in [0.717, 1.165) is 76.8 Å². The number of amides is 1. The van der Waals surface area contributed by atoms with Gasteiger partial charge in [0, 0.05) is 39.1 Å². The van der Waals surface area contributed by atoms with Crippen molar-refractivity contribution in [2.75, 3.05) is 45.8 Å². The van der Waals surface area contributed by atoms with E-state index in [9.17, 15) is 4.79 Å². The summed E-state index contributed by atoms with van der Waals surface area (Å²) >= 11 is 0. The summed E-state index contributed by atoms with van der Waals surface area (Å²) in [5.41, 5.74) is 0. The summed E-state index contributed by atoms with van der Waals surface area (Å²) in [6.07, 6.45) is 6.07. The zero-order valence-corrected chi connectivity index (χ0v) is 15.5. The van der Waals surface area contributed by atoms with Crippen LogP contribution < -0.4 is 5.32 Å². The Labute approximate surface area is 147 Å². The van der Waals surface area contributed by atoms with Crippen LogP contribution in [-0.2, 0) is 9.53 Å². The second kappa shape index (κ2) is 8.63. The van der Waals surface area contributed by atoms with Gasteiger partial charge in [0.05, 0.1) is 12.2 Å². The normalized spacial score (nSPS) is 33.1. The molecule has 3 heterocycles. The van der Waals surface area contributed by atoms with Crippen molar-refractivity contribution in [3.05, 3.63) is 0 Å². The quantitative estimate of drug-likeness (QED) is 0.830. The summed E-state index contributed by atoms with van der Waals surface area (Å²) in [5.74, 6) is 1.84. The Morgan fingerprint density at radius 1 is 1.08 bits per heavy atom. The topological polar surface area (TPSA) is 44.8 Å². The lowest BCUT2D eigenvalue weighted by molar-refractivity contribution is -0.133. The molecule has 0 bridgehead atoms. The van der Waals surface area contributed by atoms with Crippen molar-refractivity contribution in [3.8, 4) is 0 Å². The van der Waals surface area contributed by atoms with Crippen molar-refractivity contribution in [2.45, 2.75) is 58.2 Å². The summed E-state index contributed by atoms with van der Waals surface area (Å²) in [6.45, 7) is 11.8. The number of likely N-dealkylation sites (tertiary alicyclic amines) is 1. The van der Waals surface area contributed by atoms with Gasteiger partial charge in [-0.15, -0.1) is 0 Å². The number of hydrogen-bond donors (Lipinski definition) is 1. The Bertz CT molecular complexity index is 393. The molecule has 3 atom stereocenters. The predicted octanol–water partition coefficient (Wildman–Crippen LogP) is 1.72. The second-order valence-corrected chi connectivity index (χ2v) is 8.20. The number of ether oxygens (including phenoxy) is 1. The van der Waals surface area contributed by atoms with Gasteiger partial charge in [-0.05, 0) is 64.5 Å². The number of rotatable bonds is 5. The number of carbonyl (C=O) groups excluding carboxylic acids is 1. The van der Waals surface area contributed by atoms with Gasteiger partial charge < -0.3 is 15.0 Å². The van der Waals surface area contributed by atoms with Crippen molar-refractivity contribution < 1.29 is 9.53 Å². The first-order valence-electron chi connectivity index (χ1n) is 9.96. The maximum Gasteiger partial charge on any atom is 0.222 e. The Balaban J connectivity index is 1.35. The summed E-state index contributed by atoms with van der Waals surface area (Å²) in [7, 11) is 0. The van der Waals surface area contributed by atoms with E-state index in [1.54, 1.807) is 0 Å². The lowest BCUT2D eigenvalue weighted by Gasteiger charge is -2.39. The van der Waals surface area contributed by atoms with Crippen LogP contribution in [0.1, 0.15) is 46.0 Å². The molecule has 1 N–H and O–H groups in total. The molecular weight excluding hydrogens is 302 g/mol. The smallest absolute Gasteiger partial charge is 0.222 e. The predicted molar refractivity (Wildman–Crippen MR) is 96.0 cm³/mol. The van der Waals surface area contributed by atoms with E-state index >= 15 is 0 Å². The molecule has 3 rings (SSSR count). The van der Waals surface area contributed by atoms with E-state index < -0.39 is 0 Å². The number of morpholine rings is 1. The van der Waals surface area contributed by atoms with Crippen molar-refractivity contribution >= 4 is 5.91 Å². The van der Waals surface area contributed by atoms with Crippen LogP contribution in [0.5, 0.6) is 0 Å². The molecule has 5 heteroatoms. The third-order valence-corrected chi connectivity index (χ3v) is 5.91. The number of piperidine rings is 1. The first kappa shape index (κ1) is 18.2. The minimum atomic E-state index is 0.348. The zero-order chi connectivity index (χ0) is 16.9. The number of carbonyl (C=O) groups is 1. The standard InChI is InChI=1S/C19H35N3O2/c1-15-12-21(13-16(2)24-15)14-18-6-9-22(10-7-18)19(23)4-3-17-5-8-20-11-17/h15-18,20H,3-14H2,1-2H3. The van der Waals surface area contributed by atoms with Crippen molar-refractivity contribution in [1.82, 2.24) is 15.1 Å². The first-order chi connectivity index (χ1) is 11.6. The first-order valence-corrected chi connectivity index (χ1v) is 9.96. The molecule has 3 fully saturated rings. The molecule has 3 saturated heterocycles. The summed E-state index contributed by atoms with van der Waals surface area (Å²) in [4.78, 5) is 17.1. The van der Waals surface area contributed by atoms with Crippen LogP contribution in [0.25, 0.3) is 0 Å². The van der Waals surface area contributed by atoms with Crippen LogP contribution in [0.3, 0.4) is 0 Å². The molecule has 3 aliphatic heterocycles. The van der Waals surface area contributed by atoms with E-state index in [-0.39, 0.29) is 0 Å². The van der Waals surface area contributed by atoms with Gasteiger partial charge in [-0.1, -0.05) is 0 Å². The third-order valence-electron chi connectivity index (χ3n) is 5.91. The molecule has 0 aromatic rings. The fourth-order valence-electron chi connectivity index (χ4n) is 4.61. The van der Waals surface area contributed by atoms with Gasteiger partial charge in [-0.3, -0.25) is 9.69 Å². The molecule has 24 heavy (non-hydrogen) atoms. The maximum atomic E-state index is 12.4. The Morgan fingerprint density at radius 2 is 1.79 bits per heavy atom. The maximum absolute atomic E-state index is 12.4. The van der Waals surface area contributed by atoms with Gasteiger partial charge in [0.2, 0.25) is 5.91 Å². The van der Waals surface area contributed by atoms with Crippen molar-refractivity contribution in [1.29, 1.82) is 0 Å². The van der Waals surface area contributed by atoms with Gasteiger partial charge in [-0.2, -0.15) is 0 Å². The minimum absolute atomic E-state index is 0.348. The van der Waals surface area contributed by atoms with Crippen LogP contribution in [0.4, 0.5) is 0 Å². The Morgan fingerprint density at radius 3 is 2.42 bits per heavy atom. The number of nitrogens with zero attached hydrogens (tertiary/aromatic N) is 2. The van der Waals surface area contributed by atoms with Gasteiger partial charge in [0.1, 0.15) is 0 Å². The molecule has 0 aromatic carbocycles. The van der Waals surface area contributed by atoms with E-state index in [1.165, 1.54) is 13.0 Å².